The van der Waals surface area contributed by atoms with Crippen LogP contribution in [0.2, 0.25) is 5.02 Å². The van der Waals surface area contributed by atoms with Crippen molar-refractivity contribution in [2.24, 2.45) is 17.6 Å². The number of halogens is 1. The van der Waals surface area contributed by atoms with Crippen molar-refractivity contribution in [2.75, 3.05) is 32.5 Å². The van der Waals surface area contributed by atoms with Gasteiger partial charge in [0.1, 0.15) is 22.8 Å². The number of hydrogen-bond donors (Lipinski definition) is 7. The molecule has 39 heavy (non-hydrogen) atoms. The maximum absolute atomic E-state index is 13.8. The topological polar surface area (TPSA) is 203 Å². The summed E-state index contributed by atoms with van der Waals surface area (Å²) in [4.78, 5) is 52.8. The molecule has 4 rings (SSSR count). The van der Waals surface area contributed by atoms with Gasteiger partial charge < -0.3 is 36.8 Å². The highest BCUT2D eigenvalue weighted by Gasteiger charge is 2.64. The quantitative estimate of drug-likeness (QED) is 0.140. The minimum absolute atomic E-state index is 0.00988. The number of aliphatic hydroxyl groups excluding tert-OH is 2. The van der Waals surface area contributed by atoms with Gasteiger partial charge in [-0.1, -0.05) is 18.5 Å². The molecule has 1 fully saturated rings. The summed E-state index contributed by atoms with van der Waals surface area (Å²) in [5.41, 5.74) is 1.48. The number of anilines is 1. The Kier molecular flexibility index (Phi) is 7.52. The number of rotatable bonds is 7. The van der Waals surface area contributed by atoms with Gasteiger partial charge in [-0.3, -0.25) is 24.1 Å². The van der Waals surface area contributed by atoms with E-state index in [-0.39, 0.29) is 41.2 Å². The van der Waals surface area contributed by atoms with Crippen molar-refractivity contribution in [3.05, 3.63) is 39.1 Å². The molecule has 1 aromatic rings. The Balaban J connectivity index is 1.84. The lowest BCUT2D eigenvalue weighted by atomic mass is 9.57. The number of phenolic OH excluding ortho intramolecular Hbond substituents is 1. The molecule has 4 atom stereocenters. The smallest absolute Gasteiger partial charge is 0.255 e. The fourth-order valence-corrected chi connectivity index (χ4v) is 6.21. The first-order valence-corrected chi connectivity index (χ1v) is 12.8. The Bertz CT molecular complexity index is 1350. The molecule has 0 bridgehead atoms. The Morgan fingerprint density at radius 3 is 2.49 bits per heavy atom. The minimum atomic E-state index is -2.73. The summed E-state index contributed by atoms with van der Waals surface area (Å²) in [6.45, 7) is 2.47. The predicted molar refractivity (Wildman–Crippen MR) is 141 cm³/mol. The molecule has 0 saturated heterocycles. The van der Waals surface area contributed by atoms with Crippen LogP contribution >= 0.6 is 11.6 Å². The molecular weight excluding hydrogens is 532 g/mol. The van der Waals surface area contributed by atoms with E-state index in [0.717, 1.165) is 6.42 Å². The van der Waals surface area contributed by atoms with Gasteiger partial charge >= 0.3 is 0 Å². The standard InChI is InChI=1S/C26H31ClN4O8/c1-4-5-29-9-14(32)30-18-13(27)8-11-6-10-7-12-19(31(2)3)22(35)17(25(28)38)24(37)26(12,39)23(36)16(10)20(33)15(11)21(18)34/h8,10,12,19,29,33-34,37,39H,4-7,9H2,1-3H3,(H2,28,38)(H,30,32)/t10?,12?,19-,26?/m0/s1. The van der Waals surface area contributed by atoms with Gasteiger partial charge in [0.05, 0.1) is 23.2 Å². The zero-order valence-electron chi connectivity index (χ0n) is 21.7. The fourth-order valence-electron chi connectivity index (χ4n) is 5.95. The van der Waals surface area contributed by atoms with E-state index in [0.29, 0.717) is 12.1 Å². The van der Waals surface area contributed by atoms with E-state index in [1.54, 1.807) is 0 Å². The largest absolute Gasteiger partial charge is 0.508 e. The molecule has 0 aliphatic heterocycles. The second kappa shape index (κ2) is 10.3. The lowest BCUT2D eigenvalue weighted by Crippen LogP contribution is -2.65. The third-order valence-electron chi connectivity index (χ3n) is 7.64. The van der Waals surface area contributed by atoms with E-state index in [1.807, 2.05) is 6.92 Å². The first-order valence-electron chi connectivity index (χ1n) is 12.5. The van der Waals surface area contributed by atoms with Gasteiger partial charge in [0.2, 0.25) is 11.7 Å². The van der Waals surface area contributed by atoms with Crippen LogP contribution in [-0.4, -0.2) is 87.5 Å². The molecule has 12 nitrogen and oxygen atoms in total. The van der Waals surface area contributed by atoms with E-state index < -0.39 is 69.7 Å². The molecule has 0 heterocycles. The number of primary amides is 1. The number of likely N-dealkylation sites (N-methyl/N-ethyl adjacent to an activating group) is 1. The monoisotopic (exact) mass is 562 g/mol. The molecule has 8 N–H and O–H groups in total. The van der Waals surface area contributed by atoms with Gasteiger partial charge in [0.15, 0.2) is 17.1 Å². The van der Waals surface area contributed by atoms with Crippen molar-refractivity contribution in [1.82, 2.24) is 10.2 Å². The fraction of sp³-hybridized carbons (Fsp3) is 0.462. The minimum Gasteiger partial charge on any atom is -0.508 e. The molecule has 210 valence electrons. The van der Waals surface area contributed by atoms with Crippen LogP contribution in [0.5, 0.6) is 5.75 Å². The van der Waals surface area contributed by atoms with E-state index in [9.17, 15) is 39.6 Å². The number of ketones is 2. The van der Waals surface area contributed by atoms with Gasteiger partial charge in [-0.2, -0.15) is 0 Å². The summed E-state index contributed by atoms with van der Waals surface area (Å²) >= 11 is 6.37. The normalized spacial score (nSPS) is 26.4. The second-order valence-corrected chi connectivity index (χ2v) is 10.7. The zero-order chi connectivity index (χ0) is 29.0. The zero-order valence-corrected chi connectivity index (χ0v) is 22.4. The molecule has 1 aromatic carbocycles. The van der Waals surface area contributed by atoms with Gasteiger partial charge in [0.25, 0.3) is 5.91 Å². The number of nitrogens with zero attached hydrogens (tertiary/aromatic N) is 1. The average molecular weight is 563 g/mol. The third-order valence-corrected chi connectivity index (χ3v) is 7.94. The lowest BCUT2D eigenvalue weighted by molar-refractivity contribution is -0.153. The molecule has 1 saturated carbocycles. The summed E-state index contributed by atoms with van der Waals surface area (Å²) in [6, 6.07) is 0.292. The lowest BCUT2D eigenvalue weighted by Gasteiger charge is -2.50. The molecular formula is C26H31ClN4O8. The van der Waals surface area contributed by atoms with Gasteiger partial charge in [-0.15, -0.1) is 0 Å². The molecule has 13 heteroatoms. The van der Waals surface area contributed by atoms with Crippen molar-refractivity contribution in [2.45, 2.75) is 37.8 Å². The summed E-state index contributed by atoms with van der Waals surface area (Å²) < 4.78 is 0. The number of benzene rings is 1. The van der Waals surface area contributed by atoms with Crippen molar-refractivity contribution in [3.8, 4) is 5.75 Å². The Hall–Kier alpha value is -3.45. The number of hydrogen-bond acceptors (Lipinski definition) is 10. The van der Waals surface area contributed by atoms with Gasteiger partial charge in [-0.25, -0.2) is 0 Å². The van der Waals surface area contributed by atoms with Crippen molar-refractivity contribution in [1.29, 1.82) is 0 Å². The van der Waals surface area contributed by atoms with E-state index in [1.165, 1.54) is 25.1 Å². The van der Waals surface area contributed by atoms with Crippen molar-refractivity contribution in [3.63, 3.8) is 0 Å². The van der Waals surface area contributed by atoms with Crippen molar-refractivity contribution < 1.29 is 39.6 Å². The first-order chi connectivity index (χ1) is 18.3. The van der Waals surface area contributed by atoms with Crippen LogP contribution in [-0.2, 0) is 25.6 Å². The third kappa shape index (κ3) is 4.37. The van der Waals surface area contributed by atoms with Gasteiger partial charge in [0, 0.05) is 11.5 Å². The number of aromatic hydroxyl groups is 1. The molecule has 2 amide bonds. The second-order valence-electron chi connectivity index (χ2n) is 10.3. The van der Waals surface area contributed by atoms with Crippen LogP contribution < -0.4 is 16.4 Å². The number of aliphatic hydroxyl groups is 3. The molecule has 3 aliphatic carbocycles. The number of fused-ring (bicyclic) bond motifs is 3. The summed E-state index contributed by atoms with van der Waals surface area (Å²) in [7, 11) is 3.05. The van der Waals surface area contributed by atoms with Gasteiger partial charge in [-0.05, 0) is 57.5 Å². The highest BCUT2D eigenvalue weighted by Crippen LogP contribution is 2.54. The van der Waals surface area contributed by atoms with E-state index in [4.69, 9.17) is 17.3 Å². The summed E-state index contributed by atoms with van der Waals surface area (Å²) in [6.07, 6.45) is 0.858. The molecule has 3 unspecified atom stereocenters. The first kappa shape index (κ1) is 28.6. The number of amides is 2. The number of phenols is 1. The average Bonchev–Trinajstić information content (AvgIpc) is 2.83. The van der Waals surface area contributed by atoms with Crippen LogP contribution in [0, 0.1) is 11.8 Å². The molecule has 0 radical (unpaired) electrons. The Labute approximate surface area is 229 Å². The number of nitrogens with two attached hydrogens (primary N) is 1. The summed E-state index contributed by atoms with van der Waals surface area (Å²) in [5.74, 6) is -8.04. The number of Topliss-reactive ketones (excluding diaryl/α,β-unsaturated/α-hetero) is 2. The van der Waals surface area contributed by atoms with Crippen LogP contribution in [0.1, 0.15) is 30.9 Å². The van der Waals surface area contributed by atoms with Crippen LogP contribution in [0.4, 0.5) is 5.69 Å². The maximum Gasteiger partial charge on any atom is 0.255 e. The van der Waals surface area contributed by atoms with E-state index >= 15 is 0 Å². The van der Waals surface area contributed by atoms with Crippen LogP contribution in [0.25, 0.3) is 5.76 Å². The highest BCUT2D eigenvalue weighted by atomic mass is 35.5. The summed E-state index contributed by atoms with van der Waals surface area (Å²) in [5, 5.41) is 50.3. The van der Waals surface area contributed by atoms with Crippen LogP contribution in [0.15, 0.2) is 23.0 Å². The molecule has 0 aromatic heterocycles. The van der Waals surface area contributed by atoms with Crippen LogP contribution in [0.3, 0.4) is 0 Å². The SMILES string of the molecule is CCCNCC(=O)Nc1c(Cl)cc2c(c1O)C(O)=C1C(=O)C3(O)C(O)=C(C(N)=O)C(=O)[C@@H](N(C)C)C3CC1C2. The Morgan fingerprint density at radius 2 is 1.90 bits per heavy atom. The highest BCUT2D eigenvalue weighted by molar-refractivity contribution is 6.34. The molecule has 3 aliphatic rings. The van der Waals surface area contributed by atoms with Crippen molar-refractivity contribution >= 4 is 46.4 Å². The number of carbonyl (C=O) groups excluding carboxylic acids is 4. The predicted octanol–water partition coefficient (Wildman–Crippen LogP) is 0.556. The number of carbonyl (C=O) groups is 4. The molecule has 0 spiro atoms. The van der Waals surface area contributed by atoms with E-state index in [2.05, 4.69) is 10.6 Å². The number of nitrogens with one attached hydrogen (secondary N) is 2. The maximum atomic E-state index is 13.8. The Morgan fingerprint density at radius 1 is 1.23 bits per heavy atom.